The van der Waals surface area contributed by atoms with E-state index in [0.717, 1.165) is 32.9 Å². The number of hydrogen-bond donors (Lipinski definition) is 0. The Hall–Kier alpha value is -2.32. The fourth-order valence-corrected chi connectivity index (χ4v) is 3.43. The molecule has 0 aliphatic heterocycles. The third-order valence-corrected chi connectivity index (χ3v) is 5.74. The molecule has 154 valence electrons. The van der Waals surface area contributed by atoms with Crippen molar-refractivity contribution < 1.29 is 9.53 Å². The normalized spacial score (nSPS) is 11.0. The highest BCUT2D eigenvalue weighted by atomic mass is 79.9. The molecule has 0 bridgehead atoms. The minimum atomic E-state index is -0.181. The van der Waals surface area contributed by atoms with Crippen LogP contribution in [-0.2, 0) is 19.8 Å². The molecule has 3 aromatic rings. The summed E-state index contributed by atoms with van der Waals surface area (Å²) in [5.41, 5.74) is 3.07. The highest BCUT2D eigenvalue weighted by Crippen LogP contribution is 2.26. The molecule has 7 nitrogen and oxygen atoms in total. The molecule has 1 amide bonds. The Morgan fingerprint density at radius 1 is 1.24 bits per heavy atom. The molecule has 0 aliphatic carbocycles. The van der Waals surface area contributed by atoms with Crippen molar-refractivity contribution >= 4 is 33.4 Å². The van der Waals surface area contributed by atoms with Crippen LogP contribution in [0, 0.1) is 13.8 Å². The van der Waals surface area contributed by atoms with Gasteiger partial charge in [-0.2, -0.15) is 10.2 Å². The Kier molecular flexibility index (Phi) is 6.64. The van der Waals surface area contributed by atoms with Crippen molar-refractivity contribution in [1.82, 2.24) is 24.5 Å². The highest BCUT2D eigenvalue weighted by molar-refractivity contribution is 9.10. The van der Waals surface area contributed by atoms with Crippen molar-refractivity contribution in [3.63, 3.8) is 0 Å². The van der Waals surface area contributed by atoms with Crippen molar-refractivity contribution in [2.24, 2.45) is 0 Å². The van der Waals surface area contributed by atoms with Gasteiger partial charge in [-0.25, -0.2) is 4.68 Å². The van der Waals surface area contributed by atoms with Crippen molar-refractivity contribution in [2.75, 3.05) is 7.05 Å². The maximum absolute atomic E-state index is 12.7. The van der Waals surface area contributed by atoms with Gasteiger partial charge in [0.25, 0.3) is 5.91 Å². The van der Waals surface area contributed by atoms with Crippen molar-refractivity contribution in [3.8, 4) is 5.75 Å². The number of amides is 1. The number of nitrogens with zero attached hydrogens (tertiary/aromatic N) is 5. The fourth-order valence-electron chi connectivity index (χ4n) is 2.88. The summed E-state index contributed by atoms with van der Waals surface area (Å²) in [6, 6.07) is 5.44. The molecular formula is C20H23BrClN5O2. The molecular weight excluding hydrogens is 458 g/mol. The van der Waals surface area contributed by atoms with E-state index in [9.17, 15) is 4.79 Å². The lowest BCUT2D eigenvalue weighted by Gasteiger charge is -2.14. The van der Waals surface area contributed by atoms with E-state index in [-0.39, 0.29) is 12.6 Å². The largest absolute Gasteiger partial charge is 0.471 e. The lowest BCUT2D eigenvalue weighted by molar-refractivity contribution is 0.0775. The first kappa shape index (κ1) is 21.4. The molecule has 3 rings (SSSR count). The number of rotatable bonds is 7. The minimum Gasteiger partial charge on any atom is -0.471 e. The fraction of sp³-hybridized carbons (Fsp3) is 0.350. The lowest BCUT2D eigenvalue weighted by atomic mass is 10.1. The first-order valence-electron chi connectivity index (χ1n) is 9.18. The second kappa shape index (κ2) is 9.00. The Morgan fingerprint density at radius 2 is 1.93 bits per heavy atom. The molecule has 2 heterocycles. The van der Waals surface area contributed by atoms with Gasteiger partial charge in [-0.3, -0.25) is 9.48 Å². The topological polar surface area (TPSA) is 65.2 Å². The first-order valence-corrected chi connectivity index (χ1v) is 10.4. The predicted octanol–water partition coefficient (Wildman–Crippen LogP) is 4.44. The zero-order valence-corrected chi connectivity index (χ0v) is 19.2. The SMILES string of the molecule is CCn1cc(Br)c(CN(C)C(=O)c2ccn(COc3cc(C)c(Cl)c(C)c3)n2)n1. The molecule has 0 saturated heterocycles. The van der Waals surface area contributed by atoms with Gasteiger partial charge in [0.1, 0.15) is 5.75 Å². The molecule has 0 saturated carbocycles. The number of halogens is 2. The molecule has 0 fully saturated rings. The Morgan fingerprint density at radius 3 is 2.55 bits per heavy atom. The van der Waals surface area contributed by atoms with Crippen molar-refractivity contribution in [3.05, 3.63) is 62.6 Å². The molecule has 0 atom stereocenters. The van der Waals surface area contributed by atoms with E-state index >= 15 is 0 Å². The molecule has 29 heavy (non-hydrogen) atoms. The zero-order valence-electron chi connectivity index (χ0n) is 16.8. The summed E-state index contributed by atoms with van der Waals surface area (Å²) in [4.78, 5) is 14.3. The lowest BCUT2D eigenvalue weighted by Crippen LogP contribution is -2.27. The average Bonchev–Trinajstić information content (AvgIpc) is 3.30. The Bertz CT molecular complexity index is 1010. The van der Waals surface area contributed by atoms with E-state index in [1.165, 1.54) is 0 Å². The molecule has 0 radical (unpaired) electrons. The van der Waals surface area contributed by atoms with E-state index in [0.29, 0.717) is 18.0 Å². The number of aryl methyl sites for hydroxylation is 3. The van der Waals surface area contributed by atoms with Gasteiger partial charge in [0.05, 0.1) is 16.7 Å². The summed E-state index contributed by atoms with van der Waals surface area (Å²) in [6.45, 7) is 7.24. The molecule has 0 spiro atoms. The average molecular weight is 481 g/mol. The molecule has 9 heteroatoms. The van der Waals surface area contributed by atoms with Gasteiger partial charge in [0.15, 0.2) is 12.4 Å². The maximum atomic E-state index is 12.7. The van der Waals surface area contributed by atoms with E-state index in [1.54, 1.807) is 28.9 Å². The molecule has 0 unspecified atom stereocenters. The van der Waals surface area contributed by atoms with E-state index in [2.05, 4.69) is 26.1 Å². The Labute approximate surface area is 183 Å². The molecule has 1 aromatic carbocycles. The standard InChI is InChI=1S/C20H23BrClN5O2/c1-5-26-10-16(21)18(24-26)11-25(4)20(28)17-6-7-27(23-17)12-29-15-8-13(2)19(22)14(3)9-15/h6-10H,5,11-12H2,1-4H3. The zero-order chi connectivity index (χ0) is 21.1. The van der Waals surface area contributed by atoms with Gasteiger partial charge in [0, 0.05) is 31.0 Å². The van der Waals surface area contributed by atoms with Crippen LogP contribution in [-0.4, -0.2) is 37.4 Å². The second-order valence-electron chi connectivity index (χ2n) is 6.83. The van der Waals surface area contributed by atoms with Crippen LogP contribution in [0.3, 0.4) is 0 Å². The van der Waals surface area contributed by atoms with Crippen LogP contribution in [0.15, 0.2) is 35.1 Å². The molecule has 2 aromatic heterocycles. The molecule has 0 N–H and O–H groups in total. The summed E-state index contributed by atoms with van der Waals surface area (Å²) in [7, 11) is 1.73. The van der Waals surface area contributed by atoms with Crippen LogP contribution in [0.4, 0.5) is 0 Å². The third-order valence-electron chi connectivity index (χ3n) is 4.48. The quantitative estimate of drug-likeness (QED) is 0.501. The van der Waals surface area contributed by atoms with Gasteiger partial charge < -0.3 is 9.64 Å². The first-order chi connectivity index (χ1) is 13.8. The number of carbonyl (C=O) groups is 1. The summed E-state index contributed by atoms with van der Waals surface area (Å²) in [5, 5.41) is 9.52. The van der Waals surface area contributed by atoms with Crippen molar-refractivity contribution in [1.29, 1.82) is 0 Å². The van der Waals surface area contributed by atoms with Gasteiger partial charge in [-0.05, 0) is 66.0 Å². The number of hydrogen-bond acceptors (Lipinski definition) is 4. The monoisotopic (exact) mass is 479 g/mol. The highest BCUT2D eigenvalue weighted by Gasteiger charge is 2.18. The summed E-state index contributed by atoms with van der Waals surface area (Å²) >= 11 is 9.68. The predicted molar refractivity (Wildman–Crippen MR) is 115 cm³/mol. The van der Waals surface area contributed by atoms with Crippen LogP contribution >= 0.6 is 27.5 Å². The second-order valence-corrected chi connectivity index (χ2v) is 8.06. The van der Waals surface area contributed by atoms with Crippen LogP contribution < -0.4 is 4.74 Å². The summed E-state index contributed by atoms with van der Waals surface area (Å²) in [5.74, 6) is 0.529. The number of carbonyl (C=O) groups excluding carboxylic acids is 1. The summed E-state index contributed by atoms with van der Waals surface area (Å²) < 4.78 is 10.1. The maximum Gasteiger partial charge on any atom is 0.274 e. The third kappa shape index (κ3) is 5.00. The summed E-state index contributed by atoms with van der Waals surface area (Å²) in [6.07, 6.45) is 3.62. The molecule has 0 aliphatic rings. The minimum absolute atomic E-state index is 0.181. The van der Waals surface area contributed by atoms with Gasteiger partial charge in [0.2, 0.25) is 0 Å². The van der Waals surface area contributed by atoms with Crippen LogP contribution in [0.1, 0.15) is 34.2 Å². The van der Waals surface area contributed by atoms with Crippen LogP contribution in [0.2, 0.25) is 5.02 Å². The number of ether oxygens (including phenoxy) is 1. The van der Waals surface area contributed by atoms with Crippen molar-refractivity contribution in [2.45, 2.75) is 40.6 Å². The smallest absolute Gasteiger partial charge is 0.274 e. The Balaban J connectivity index is 1.62. The van der Waals surface area contributed by atoms with Gasteiger partial charge in [-0.1, -0.05) is 11.6 Å². The van der Waals surface area contributed by atoms with Crippen LogP contribution in [0.5, 0.6) is 5.75 Å². The van der Waals surface area contributed by atoms with Crippen LogP contribution in [0.25, 0.3) is 0 Å². The number of benzene rings is 1. The van der Waals surface area contributed by atoms with E-state index in [1.807, 2.05) is 43.8 Å². The van der Waals surface area contributed by atoms with E-state index < -0.39 is 0 Å². The number of aromatic nitrogens is 4. The van der Waals surface area contributed by atoms with E-state index in [4.69, 9.17) is 16.3 Å². The van der Waals surface area contributed by atoms with Gasteiger partial charge in [-0.15, -0.1) is 0 Å². The van der Waals surface area contributed by atoms with Gasteiger partial charge >= 0.3 is 0 Å².